The molecule has 2 saturated heterocycles. The summed E-state index contributed by atoms with van der Waals surface area (Å²) in [7, 11) is 0. The van der Waals surface area contributed by atoms with E-state index in [1.807, 2.05) is 0 Å². The number of aromatic amines is 1. The number of aromatic nitrogens is 6. The average Bonchev–Trinajstić information content (AvgIpc) is 1.06. The molecule has 4 aromatic heterocycles. The van der Waals surface area contributed by atoms with Crippen molar-refractivity contribution in [2.75, 3.05) is 58.2 Å². The molecule has 0 radical (unpaired) electrons. The van der Waals surface area contributed by atoms with E-state index in [9.17, 15) is 74.4 Å². The number of anilines is 1. The van der Waals surface area contributed by atoms with E-state index in [1.165, 1.54) is 50.4 Å². The molecule has 0 bridgehead atoms. The second-order valence-corrected chi connectivity index (χ2v) is 25.2. The Bertz CT molecular complexity index is 3340. The van der Waals surface area contributed by atoms with Crippen molar-refractivity contribution in [2.45, 2.75) is 170 Å². The van der Waals surface area contributed by atoms with Crippen LogP contribution in [0.1, 0.15) is 102 Å². The third-order valence-corrected chi connectivity index (χ3v) is 17.6. The van der Waals surface area contributed by atoms with Crippen molar-refractivity contribution in [3.05, 3.63) is 56.8 Å². The van der Waals surface area contributed by atoms with Gasteiger partial charge in [0.05, 0.1) is 72.7 Å². The fourth-order valence-electron chi connectivity index (χ4n) is 10.1. The van der Waals surface area contributed by atoms with Crippen LogP contribution in [0, 0.1) is 12.8 Å². The van der Waals surface area contributed by atoms with E-state index in [4.69, 9.17) is 63.1 Å². The Labute approximate surface area is 578 Å². The quantitative estimate of drug-likeness (QED) is 0.0112. The summed E-state index contributed by atoms with van der Waals surface area (Å²) < 4.78 is 21.9. The van der Waals surface area contributed by atoms with Crippen molar-refractivity contribution >= 4 is 75.9 Å². The molecule has 0 aliphatic carbocycles. The Balaban J connectivity index is 1.21. The Kier molecular flexibility index (Phi) is 31.6. The number of ether oxygens (including phenoxy) is 4. The zero-order chi connectivity index (χ0) is 73.7. The number of unbranched alkanes of at least 4 members (excludes halogenated alkanes) is 1. The number of rotatable bonds is 40. The number of H-pyrrole nitrogens is 1. The maximum absolute atomic E-state index is 15.1. The number of aliphatic hydroxyl groups excluding tert-OH is 8. The summed E-state index contributed by atoms with van der Waals surface area (Å²) in [6, 6.07) is -7.84. The van der Waals surface area contributed by atoms with E-state index in [0.29, 0.717) is 28.8 Å². The van der Waals surface area contributed by atoms with Crippen molar-refractivity contribution in [1.29, 1.82) is 0 Å². The van der Waals surface area contributed by atoms with Crippen molar-refractivity contribution in [1.82, 2.24) is 67.1 Å². The van der Waals surface area contributed by atoms with Crippen LogP contribution in [0.3, 0.4) is 0 Å². The lowest BCUT2D eigenvalue weighted by molar-refractivity contribution is -0.456. The maximum atomic E-state index is 15.1. The predicted molar refractivity (Wildman–Crippen MR) is 347 cm³/mol. The number of nitrogens with one attached hydrogen (secondary N) is 8. The van der Waals surface area contributed by atoms with Gasteiger partial charge in [-0.05, 0) is 59.7 Å². The van der Waals surface area contributed by atoms with Gasteiger partial charge in [0.15, 0.2) is 18.5 Å². The molecule has 6 heterocycles. The van der Waals surface area contributed by atoms with Gasteiger partial charge in [0.1, 0.15) is 88.5 Å². The van der Waals surface area contributed by atoms with E-state index < -0.39 is 183 Å². The zero-order valence-electron chi connectivity index (χ0n) is 54.8. The fraction of sp³-hybridized carbons (Fsp3) is 0.632. The van der Waals surface area contributed by atoms with Crippen molar-refractivity contribution in [2.24, 2.45) is 34.6 Å². The average molecular weight is 1460 g/mol. The lowest BCUT2D eigenvalue weighted by Crippen LogP contribution is -2.65. The molecular weight excluding hydrogens is 1370 g/mol. The molecule has 2 fully saturated rings. The van der Waals surface area contributed by atoms with Crippen LogP contribution in [-0.2, 0) is 59.1 Å². The van der Waals surface area contributed by atoms with Gasteiger partial charge in [-0.25, -0.2) is 39.5 Å². The second-order valence-electron chi connectivity index (χ2n) is 23.4. The molecule has 11 unspecified atom stereocenters. The van der Waals surface area contributed by atoms with Crippen LogP contribution in [0.2, 0.25) is 0 Å². The highest BCUT2D eigenvalue weighted by Crippen LogP contribution is 2.33. The number of amides is 8. The van der Waals surface area contributed by atoms with E-state index in [0.717, 1.165) is 44.9 Å². The molecule has 8 amide bonds. The lowest BCUT2D eigenvalue weighted by Gasteiger charge is -2.46. The molecule has 41 nitrogen and oxygen atoms in total. The number of hydrogen-bond acceptors (Lipinski definition) is 34. The minimum Gasteiger partial charge on any atom is -0.441 e. The predicted octanol–water partition coefficient (Wildman–Crippen LogP) is -8.32. The fourth-order valence-corrected chi connectivity index (χ4v) is 11.7. The molecule has 2 aliphatic rings. The monoisotopic (exact) mass is 1460 g/mol. The van der Waals surface area contributed by atoms with Crippen LogP contribution in [0.4, 0.5) is 10.6 Å². The van der Waals surface area contributed by atoms with Crippen molar-refractivity contribution in [3.8, 4) is 10.7 Å². The van der Waals surface area contributed by atoms with Crippen LogP contribution >= 0.6 is 22.7 Å². The number of hydrogen-bond donors (Lipinski definition) is 22. The summed E-state index contributed by atoms with van der Waals surface area (Å²) in [6.45, 7) is 5.31. The molecule has 43 heteroatoms. The normalized spacial score (nSPS) is 23.5. The smallest absolute Gasteiger partial charge is 0.404 e. The minimum atomic E-state index is -2.19. The third kappa shape index (κ3) is 22.4. The zero-order valence-corrected chi connectivity index (χ0v) is 56.4. The lowest BCUT2D eigenvalue weighted by atomic mass is 9.96. The number of nitrogens with two attached hydrogens (primary N) is 6. The first-order valence-electron chi connectivity index (χ1n) is 31.5. The standard InChI is InChI=1S/C57H89N19O22S2/c1-22-35(73-48(76-46(22)61)27(14-33(60)80)68-15-26(59)47(62)86)52(90)75-37(43(28-16-65-21-69-28)97-98-56-45(41(84)39(82)31(17-77)94-56)95-55-42(85)44(96-57(63)92)40(83)32(18-78)93-55)53(91)70-24(3)38(81)23(2)49(87)74-36(25(4)79)51(89)67-13-8-34-71-30(20-99-34)54-72-29(19-100-54)50(88)66-12-7-11-64-10-6-5-9-58/h16,19-21,23-27,31-32,36-45,55-56,64,68,77-79,81-85H,5-15,17-18,58-59H2,1-4H3,(H2,60,80)(H2,62,86)(H2,63,92)(H,65,69)(H,66,88)(H,67,89)(H,70,91)(H,74,87)(H,75,90)(H2,61,73,76)/t23-,24-,25+,26-,27-,31?,32?,36?,37+,38-,39?,40?,41?,42?,43+,44?,45?,55?,56?/m0/s1. The summed E-state index contributed by atoms with van der Waals surface area (Å²) in [5.41, 5.74) is 33.5. The van der Waals surface area contributed by atoms with Gasteiger partial charge in [0.2, 0.25) is 35.8 Å². The molecule has 6 rings (SSSR count). The Morgan fingerprint density at radius 3 is 2.10 bits per heavy atom. The van der Waals surface area contributed by atoms with Crippen molar-refractivity contribution in [3.63, 3.8) is 0 Å². The number of aliphatic hydroxyl groups is 8. The second kappa shape index (κ2) is 38.9. The molecule has 0 aromatic carbocycles. The first-order valence-corrected chi connectivity index (χ1v) is 33.3. The number of carbonyl (C=O) groups is 8. The topological polar surface area (TPSA) is 674 Å². The molecule has 100 heavy (non-hydrogen) atoms. The molecule has 28 N–H and O–H groups in total. The van der Waals surface area contributed by atoms with Gasteiger partial charge < -0.3 is 136 Å². The number of primary amides is 3. The van der Waals surface area contributed by atoms with E-state index in [2.05, 4.69) is 67.1 Å². The van der Waals surface area contributed by atoms with Gasteiger partial charge in [0.25, 0.3) is 11.8 Å². The van der Waals surface area contributed by atoms with Gasteiger partial charge in [-0.3, -0.25) is 33.6 Å². The molecule has 19 atom stereocenters. The SMILES string of the molecule is Cc1c(N)nc([C@H](CC(N)=O)NC[C@H](N)C(N)=O)nc1C(=O)N[C@@H](C(=O)N[C@@H](C)[C@@H](O)[C@H](C)C(=O)NC(C(=O)NCCc1nc(-c2nc(C(=O)NCCCNCCCCN)cs2)cs1)[C@@H](C)O)[C@H](OOC1OC(CO)C(O)C(O)C1OC1OC(CO)C(O)C(OC(N)=O)C1O)c1cnc[nH]1. The summed E-state index contributed by atoms with van der Waals surface area (Å²) >= 11 is 2.50. The van der Waals surface area contributed by atoms with Gasteiger partial charge >= 0.3 is 6.09 Å². The highest BCUT2D eigenvalue weighted by Gasteiger charge is 2.53. The summed E-state index contributed by atoms with van der Waals surface area (Å²) in [6.07, 6.45) is -22.4. The molecular formula is C57H89N19O22S2. The van der Waals surface area contributed by atoms with Gasteiger partial charge in [-0.2, -0.15) is 0 Å². The number of thiazole rings is 2. The van der Waals surface area contributed by atoms with Crippen LogP contribution < -0.4 is 71.6 Å². The number of carbonyl (C=O) groups excluding carboxylic acids is 8. The molecule has 556 valence electrons. The first-order chi connectivity index (χ1) is 47.5. The van der Waals surface area contributed by atoms with Gasteiger partial charge in [-0.15, -0.1) is 22.7 Å². The highest BCUT2D eigenvalue weighted by atomic mass is 32.1. The largest absolute Gasteiger partial charge is 0.441 e. The van der Waals surface area contributed by atoms with Gasteiger partial charge in [0, 0.05) is 48.8 Å². The van der Waals surface area contributed by atoms with Crippen LogP contribution in [0.25, 0.3) is 10.7 Å². The maximum Gasteiger partial charge on any atom is 0.404 e. The summed E-state index contributed by atoms with van der Waals surface area (Å²) in [5, 5.41) is 111. The molecule has 4 aromatic rings. The van der Waals surface area contributed by atoms with Crippen molar-refractivity contribution < 1.29 is 108 Å². The Hall–Kier alpha value is -7.77. The number of imidazole rings is 1. The first kappa shape index (κ1) is 81.2. The van der Waals surface area contributed by atoms with E-state index in [1.54, 1.807) is 10.8 Å². The summed E-state index contributed by atoms with van der Waals surface area (Å²) in [4.78, 5) is 142. The number of nitrogen functional groups attached to an aromatic ring is 1. The minimum absolute atomic E-state index is 0.0131. The molecule has 0 saturated carbocycles. The highest BCUT2D eigenvalue weighted by molar-refractivity contribution is 7.14. The number of nitrogens with zero attached hydrogens (tertiary/aromatic N) is 5. The Morgan fingerprint density at radius 1 is 0.750 bits per heavy atom. The molecule has 0 spiro atoms. The summed E-state index contributed by atoms with van der Waals surface area (Å²) in [5.74, 6) is -8.72. The van der Waals surface area contributed by atoms with Crippen LogP contribution in [0.15, 0.2) is 23.3 Å². The third-order valence-electron chi connectivity index (χ3n) is 15.9. The van der Waals surface area contributed by atoms with Gasteiger partial charge in [-0.1, -0.05) is 6.92 Å². The Morgan fingerprint density at radius 2 is 1.45 bits per heavy atom. The molecule has 2 aliphatic heterocycles. The van der Waals surface area contributed by atoms with E-state index in [-0.39, 0.29) is 54.0 Å². The van der Waals surface area contributed by atoms with Crippen LogP contribution in [-0.4, -0.2) is 268 Å². The van der Waals surface area contributed by atoms with E-state index >= 15 is 4.79 Å². The van der Waals surface area contributed by atoms with Crippen LogP contribution in [0.5, 0.6) is 0 Å².